The minimum atomic E-state index is -0.564. The molecule has 19 heavy (non-hydrogen) atoms. The minimum absolute atomic E-state index is 0.323. The second kappa shape index (κ2) is 5.51. The van der Waals surface area contributed by atoms with Crippen molar-refractivity contribution in [1.29, 1.82) is 0 Å². The van der Waals surface area contributed by atoms with E-state index in [0.29, 0.717) is 18.8 Å². The number of hydrogen-bond donors (Lipinski definition) is 1. The Hall–Kier alpha value is -2.37. The van der Waals surface area contributed by atoms with Crippen LogP contribution in [-0.4, -0.2) is 15.7 Å². The second-order valence-electron chi connectivity index (χ2n) is 4.15. The van der Waals surface area contributed by atoms with E-state index in [1.807, 2.05) is 0 Å². The molecule has 0 unspecified atom stereocenters. The summed E-state index contributed by atoms with van der Waals surface area (Å²) in [7, 11) is 1.53. The molecule has 0 aliphatic carbocycles. The van der Waals surface area contributed by atoms with Gasteiger partial charge in [-0.2, -0.15) is 0 Å². The maximum absolute atomic E-state index is 12.9. The van der Waals surface area contributed by atoms with E-state index >= 15 is 0 Å². The van der Waals surface area contributed by atoms with Gasteiger partial charge in [0.05, 0.1) is 0 Å². The van der Waals surface area contributed by atoms with Crippen molar-refractivity contribution in [2.24, 2.45) is 7.05 Å². The van der Waals surface area contributed by atoms with Crippen LogP contribution in [0.25, 0.3) is 0 Å². The summed E-state index contributed by atoms with van der Waals surface area (Å²) in [6.45, 7) is 0.766. The lowest BCUT2D eigenvalue weighted by atomic mass is 10.3. The Morgan fingerprint density at radius 3 is 2.74 bits per heavy atom. The quantitative estimate of drug-likeness (QED) is 0.830. The van der Waals surface area contributed by atoms with Gasteiger partial charge in [-0.3, -0.25) is 9.59 Å². The van der Waals surface area contributed by atoms with Crippen molar-refractivity contribution < 1.29 is 4.39 Å². The average molecular weight is 263 g/mol. The lowest BCUT2D eigenvalue weighted by molar-refractivity contribution is 0.627. The molecule has 0 bridgehead atoms. The number of nitrogens with one attached hydrogen (secondary N) is 1. The van der Waals surface area contributed by atoms with Crippen molar-refractivity contribution in [3.05, 3.63) is 63.2 Å². The molecule has 0 atom stereocenters. The molecule has 1 aromatic carbocycles. The van der Waals surface area contributed by atoms with Crippen LogP contribution in [0.1, 0.15) is 0 Å². The number of hydrogen-bond acceptors (Lipinski definition) is 3. The standard InChI is InChI=1S/C13H14FN3O2/c1-16-7-8-17(13(19)12(16)18)6-5-15-11-4-2-3-10(14)9-11/h2-4,7-9,15H,5-6H2,1H3. The van der Waals surface area contributed by atoms with E-state index in [0.717, 1.165) is 0 Å². The normalized spacial score (nSPS) is 10.4. The molecular formula is C13H14FN3O2. The van der Waals surface area contributed by atoms with Crippen LogP contribution in [0.2, 0.25) is 0 Å². The molecule has 0 radical (unpaired) electrons. The summed E-state index contributed by atoms with van der Waals surface area (Å²) < 4.78 is 15.5. The second-order valence-corrected chi connectivity index (χ2v) is 4.15. The van der Waals surface area contributed by atoms with Crippen LogP contribution in [0.3, 0.4) is 0 Å². The molecule has 0 spiro atoms. The first-order chi connectivity index (χ1) is 9.08. The van der Waals surface area contributed by atoms with Crippen LogP contribution >= 0.6 is 0 Å². The van der Waals surface area contributed by atoms with E-state index in [4.69, 9.17) is 0 Å². The van der Waals surface area contributed by atoms with Gasteiger partial charge in [0, 0.05) is 38.2 Å². The molecule has 2 rings (SSSR count). The maximum atomic E-state index is 12.9. The number of aromatic nitrogens is 2. The third kappa shape index (κ3) is 3.09. The summed E-state index contributed by atoms with van der Waals surface area (Å²) in [5.74, 6) is -0.323. The summed E-state index contributed by atoms with van der Waals surface area (Å²) in [5.41, 5.74) is -0.490. The lowest BCUT2D eigenvalue weighted by Gasteiger charge is -2.08. The molecule has 1 N–H and O–H groups in total. The molecule has 2 aromatic rings. The Morgan fingerprint density at radius 1 is 1.21 bits per heavy atom. The molecule has 0 aliphatic heterocycles. The molecule has 6 heteroatoms. The Labute approximate surface area is 108 Å². The van der Waals surface area contributed by atoms with E-state index in [1.165, 1.54) is 34.5 Å². The summed E-state index contributed by atoms with van der Waals surface area (Å²) in [6, 6.07) is 6.06. The van der Waals surface area contributed by atoms with E-state index in [-0.39, 0.29) is 5.82 Å². The number of aryl methyl sites for hydroxylation is 1. The SMILES string of the molecule is Cn1ccn(CCNc2cccc(F)c2)c(=O)c1=O. The number of halogens is 1. The van der Waals surface area contributed by atoms with Crippen LogP contribution < -0.4 is 16.4 Å². The molecule has 0 saturated carbocycles. The minimum Gasteiger partial charge on any atom is -0.383 e. The Morgan fingerprint density at radius 2 is 2.00 bits per heavy atom. The van der Waals surface area contributed by atoms with Crippen molar-refractivity contribution in [3.63, 3.8) is 0 Å². The fourth-order valence-electron chi connectivity index (χ4n) is 1.68. The van der Waals surface area contributed by atoms with Gasteiger partial charge in [-0.15, -0.1) is 0 Å². The summed E-state index contributed by atoms with van der Waals surface area (Å²) >= 11 is 0. The van der Waals surface area contributed by atoms with Gasteiger partial charge < -0.3 is 14.5 Å². The molecule has 5 nitrogen and oxygen atoms in total. The van der Waals surface area contributed by atoms with Gasteiger partial charge in [-0.1, -0.05) is 6.07 Å². The molecule has 1 aromatic heterocycles. The highest BCUT2D eigenvalue weighted by atomic mass is 19.1. The van der Waals surface area contributed by atoms with Crippen molar-refractivity contribution in [2.75, 3.05) is 11.9 Å². The van der Waals surface area contributed by atoms with Crippen LogP contribution in [0.4, 0.5) is 10.1 Å². The van der Waals surface area contributed by atoms with Gasteiger partial charge in [0.2, 0.25) is 0 Å². The first-order valence-electron chi connectivity index (χ1n) is 5.83. The molecule has 0 saturated heterocycles. The number of anilines is 1. The predicted molar refractivity (Wildman–Crippen MR) is 70.8 cm³/mol. The van der Waals surface area contributed by atoms with Gasteiger partial charge in [0.25, 0.3) is 0 Å². The highest BCUT2D eigenvalue weighted by Crippen LogP contribution is 2.08. The predicted octanol–water partition coefficient (Wildman–Crippen LogP) is 0.798. The topological polar surface area (TPSA) is 56.0 Å². The van der Waals surface area contributed by atoms with Crippen molar-refractivity contribution in [1.82, 2.24) is 9.13 Å². The van der Waals surface area contributed by atoms with Crippen LogP contribution in [-0.2, 0) is 13.6 Å². The van der Waals surface area contributed by atoms with Gasteiger partial charge in [0.1, 0.15) is 5.82 Å². The molecule has 0 fully saturated rings. The number of benzene rings is 1. The number of nitrogens with zero attached hydrogens (tertiary/aromatic N) is 2. The first kappa shape index (κ1) is 13.1. The Kier molecular flexibility index (Phi) is 3.79. The molecule has 0 amide bonds. The first-order valence-corrected chi connectivity index (χ1v) is 5.83. The molecular weight excluding hydrogens is 249 g/mol. The van der Waals surface area contributed by atoms with Gasteiger partial charge in [-0.05, 0) is 18.2 Å². The molecule has 100 valence electrons. The molecule has 0 aliphatic rings. The summed E-state index contributed by atoms with van der Waals surface area (Å²) in [6.07, 6.45) is 3.09. The van der Waals surface area contributed by atoms with E-state index < -0.39 is 11.1 Å². The largest absolute Gasteiger partial charge is 0.383 e. The van der Waals surface area contributed by atoms with E-state index in [1.54, 1.807) is 18.3 Å². The highest BCUT2D eigenvalue weighted by molar-refractivity contribution is 5.42. The average Bonchev–Trinajstić information content (AvgIpc) is 2.39. The van der Waals surface area contributed by atoms with Crippen molar-refractivity contribution >= 4 is 5.69 Å². The zero-order chi connectivity index (χ0) is 13.8. The van der Waals surface area contributed by atoms with Crippen molar-refractivity contribution in [2.45, 2.75) is 6.54 Å². The van der Waals surface area contributed by atoms with Crippen molar-refractivity contribution in [3.8, 4) is 0 Å². The third-order valence-electron chi connectivity index (χ3n) is 2.74. The highest BCUT2D eigenvalue weighted by Gasteiger charge is 2.01. The Balaban J connectivity index is 2.02. The van der Waals surface area contributed by atoms with E-state index in [2.05, 4.69) is 5.32 Å². The smallest absolute Gasteiger partial charge is 0.316 e. The molecule has 1 heterocycles. The summed E-state index contributed by atoms with van der Waals surface area (Å²) in [5, 5.41) is 2.99. The summed E-state index contributed by atoms with van der Waals surface area (Å²) in [4.78, 5) is 23.1. The monoisotopic (exact) mass is 263 g/mol. The zero-order valence-corrected chi connectivity index (χ0v) is 10.5. The van der Waals surface area contributed by atoms with Crippen LogP contribution in [0.15, 0.2) is 46.2 Å². The fraction of sp³-hybridized carbons (Fsp3) is 0.231. The van der Waals surface area contributed by atoms with E-state index in [9.17, 15) is 14.0 Å². The van der Waals surface area contributed by atoms with Gasteiger partial charge in [0.15, 0.2) is 0 Å². The third-order valence-corrected chi connectivity index (χ3v) is 2.74. The zero-order valence-electron chi connectivity index (χ0n) is 10.5. The van der Waals surface area contributed by atoms with Crippen LogP contribution in [0.5, 0.6) is 0 Å². The maximum Gasteiger partial charge on any atom is 0.316 e. The number of rotatable bonds is 4. The van der Waals surface area contributed by atoms with Crippen LogP contribution in [0, 0.1) is 5.82 Å². The fourth-order valence-corrected chi connectivity index (χ4v) is 1.68. The lowest BCUT2D eigenvalue weighted by Crippen LogP contribution is -2.40. The van der Waals surface area contributed by atoms with Gasteiger partial charge >= 0.3 is 11.1 Å². The Bertz CT molecular complexity index is 691. The van der Waals surface area contributed by atoms with Gasteiger partial charge in [-0.25, -0.2) is 4.39 Å².